The van der Waals surface area contributed by atoms with Crippen molar-refractivity contribution in [2.45, 2.75) is 39.7 Å². The van der Waals surface area contributed by atoms with Crippen molar-refractivity contribution >= 4 is 5.91 Å². The van der Waals surface area contributed by atoms with E-state index in [9.17, 15) is 18.7 Å². The van der Waals surface area contributed by atoms with Gasteiger partial charge >= 0.3 is 0 Å². The predicted molar refractivity (Wildman–Crippen MR) is 83.9 cm³/mol. The maximum absolute atomic E-state index is 13.4. The molecule has 0 saturated carbocycles. The number of nitrogens with one attached hydrogen (secondary N) is 1. The molecular formula is C16H25F2N3O3. The molecule has 136 valence electrons. The Bertz CT molecular complexity index is 555. The van der Waals surface area contributed by atoms with Gasteiger partial charge in [-0.25, -0.2) is 8.78 Å². The van der Waals surface area contributed by atoms with Crippen LogP contribution in [0.25, 0.3) is 0 Å². The fraction of sp³-hybridized carbons (Fsp3) is 0.750. The van der Waals surface area contributed by atoms with Gasteiger partial charge in [0.2, 0.25) is 0 Å². The molecule has 0 bridgehead atoms. The molecule has 1 aliphatic heterocycles. The third-order valence-electron chi connectivity index (χ3n) is 4.38. The van der Waals surface area contributed by atoms with Gasteiger partial charge in [-0.3, -0.25) is 9.48 Å². The molecular weight excluding hydrogens is 320 g/mol. The fourth-order valence-corrected chi connectivity index (χ4v) is 2.85. The standard InChI is InChI=1S/C16H25F2N3O3/c1-11(2)8-21-13(14(17)18)12(7-20-21)15(23)19-9-16(10-22)3-5-24-6-4-16/h7,11,14,22H,3-6,8-10H2,1-2H3,(H,19,23). The smallest absolute Gasteiger partial charge is 0.280 e. The quantitative estimate of drug-likeness (QED) is 0.792. The van der Waals surface area contributed by atoms with Gasteiger partial charge in [-0.15, -0.1) is 0 Å². The number of hydrogen-bond donors (Lipinski definition) is 2. The van der Waals surface area contributed by atoms with Crippen LogP contribution in [0.4, 0.5) is 8.78 Å². The number of rotatable bonds is 7. The second kappa shape index (κ2) is 8.02. The molecule has 6 nitrogen and oxygen atoms in total. The van der Waals surface area contributed by atoms with E-state index < -0.39 is 17.7 Å². The number of alkyl halides is 2. The lowest BCUT2D eigenvalue weighted by Crippen LogP contribution is -2.43. The van der Waals surface area contributed by atoms with E-state index in [0.717, 1.165) is 0 Å². The maximum atomic E-state index is 13.4. The zero-order valence-electron chi connectivity index (χ0n) is 14.1. The second-order valence-electron chi connectivity index (χ2n) is 6.77. The first-order chi connectivity index (χ1) is 11.4. The van der Waals surface area contributed by atoms with Gasteiger partial charge in [-0.05, 0) is 18.8 Å². The number of hydrogen-bond acceptors (Lipinski definition) is 4. The van der Waals surface area contributed by atoms with E-state index in [1.54, 1.807) is 0 Å². The molecule has 1 aromatic heterocycles. The summed E-state index contributed by atoms with van der Waals surface area (Å²) in [6, 6.07) is 0. The Labute approximate surface area is 140 Å². The molecule has 0 aromatic carbocycles. The lowest BCUT2D eigenvalue weighted by molar-refractivity contribution is -0.0146. The van der Waals surface area contributed by atoms with Crippen LogP contribution in [0, 0.1) is 11.3 Å². The van der Waals surface area contributed by atoms with Gasteiger partial charge in [0.15, 0.2) is 0 Å². The first-order valence-corrected chi connectivity index (χ1v) is 8.19. The molecule has 1 aliphatic rings. The summed E-state index contributed by atoms with van der Waals surface area (Å²) in [5.41, 5.74) is -0.913. The summed E-state index contributed by atoms with van der Waals surface area (Å²) in [5, 5.41) is 16.2. The minimum Gasteiger partial charge on any atom is -0.396 e. The molecule has 2 heterocycles. The van der Waals surface area contributed by atoms with Crippen molar-refractivity contribution in [3.63, 3.8) is 0 Å². The van der Waals surface area contributed by atoms with Crippen LogP contribution in [0.1, 0.15) is 49.2 Å². The van der Waals surface area contributed by atoms with E-state index in [1.807, 2.05) is 13.8 Å². The first kappa shape index (κ1) is 18.8. The first-order valence-electron chi connectivity index (χ1n) is 8.19. The molecule has 1 saturated heterocycles. The van der Waals surface area contributed by atoms with Crippen molar-refractivity contribution in [1.82, 2.24) is 15.1 Å². The van der Waals surface area contributed by atoms with Crippen LogP contribution in [-0.4, -0.2) is 47.2 Å². The van der Waals surface area contributed by atoms with Crippen LogP contribution in [-0.2, 0) is 11.3 Å². The van der Waals surface area contributed by atoms with Crippen LogP contribution in [0.15, 0.2) is 6.20 Å². The predicted octanol–water partition coefficient (Wildman–Crippen LogP) is 2.00. The van der Waals surface area contributed by atoms with Gasteiger partial charge < -0.3 is 15.2 Å². The molecule has 1 aromatic rings. The van der Waals surface area contributed by atoms with Gasteiger partial charge in [0.05, 0.1) is 18.4 Å². The number of ether oxygens (including phenoxy) is 1. The SMILES string of the molecule is CC(C)Cn1ncc(C(=O)NCC2(CO)CCOCC2)c1C(F)F. The number of aliphatic hydroxyl groups is 1. The van der Waals surface area contributed by atoms with E-state index in [0.29, 0.717) is 32.6 Å². The van der Waals surface area contributed by atoms with E-state index >= 15 is 0 Å². The number of aliphatic hydroxyl groups excluding tert-OH is 1. The Morgan fingerprint density at radius 1 is 1.46 bits per heavy atom. The normalized spacial score (nSPS) is 17.5. The molecule has 1 fully saturated rings. The summed E-state index contributed by atoms with van der Waals surface area (Å²) < 4.78 is 33.2. The number of carbonyl (C=O) groups is 1. The molecule has 8 heteroatoms. The minimum absolute atomic E-state index is 0.0784. The average Bonchev–Trinajstić information content (AvgIpc) is 2.96. The highest BCUT2D eigenvalue weighted by molar-refractivity contribution is 5.95. The molecule has 24 heavy (non-hydrogen) atoms. The van der Waals surface area contributed by atoms with Crippen molar-refractivity contribution in [1.29, 1.82) is 0 Å². The van der Waals surface area contributed by atoms with Gasteiger partial charge in [-0.1, -0.05) is 13.8 Å². The summed E-state index contributed by atoms with van der Waals surface area (Å²) in [5.74, 6) is -0.446. The lowest BCUT2D eigenvalue weighted by Gasteiger charge is -2.35. The highest BCUT2D eigenvalue weighted by atomic mass is 19.3. The largest absolute Gasteiger partial charge is 0.396 e. The number of halogens is 2. The van der Waals surface area contributed by atoms with Crippen LogP contribution >= 0.6 is 0 Å². The van der Waals surface area contributed by atoms with Crippen LogP contribution < -0.4 is 5.32 Å². The van der Waals surface area contributed by atoms with E-state index in [4.69, 9.17) is 4.74 Å². The van der Waals surface area contributed by atoms with Crippen LogP contribution in [0.2, 0.25) is 0 Å². The maximum Gasteiger partial charge on any atom is 0.280 e. The summed E-state index contributed by atoms with van der Waals surface area (Å²) >= 11 is 0. The Kier molecular flexibility index (Phi) is 6.28. The number of nitrogens with zero attached hydrogens (tertiary/aromatic N) is 2. The minimum atomic E-state index is -2.78. The Hall–Kier alpha value is -1.54. The molecule has 2 N–H and O–H groups in total. The lowest BCUT2D eigenvalue weighted by atomic mass is 9.81. The van der Waals surface area contributed by atoms with Crippen LogP contribution in [0.5, 0.6) is 0 Å². The number of amides is 1. The number of aromatic nitrogens is 2. The molecule has 0 radical (unpaired) electrons. The topological polar surface area (TPSA) is 76.4 Å². The van der Waals surface area contributed by atoms with Crippen molar-refractivity contribution in [3.8, 4) is 0 Å². The number of carbonyl (C=O) groups excluding carboxylic acids is 1. The summed E-state index contributed by atoms with van der Waals surface area (Å²) in [7, 11) is 0. The summed E-state index contributed by atoms with van der Waals surface area (Å²) in [6.07, 6.45) is -0.341. The molecule has 0 unspecified atom stereocenters. The molecule has 2 rings (SSSR count). The zero-order valence-corrected chi connectivity index (χ0v) is 14.1. The third-order valence-corrected chi connectivity index (χ3v) is 4.38. The molecule has 1 amide bonds. The average molecular weight is 345 g/mol. The Morgan fingerprint density at radius 2 is 2.12 bits per heavy atom. The highest BCUT2D eigenvalue weighted by Crippen LogP contribution is 2.29. The van der Waals surface area contributed by atoms with Crippen LogP contribution in [0.3, 0.4) is 0 Å². The van der Waals surface area contributed by atoms with Gasteiger partial charge in [-0.2, -0.15) is 5.10 Å². The van der Waals surface area contributed by atoms with Crippen molar-refractivity contribution in [2.24, 2.45) is 11.3 Å². The van der Waals surface area contributed by atoms with Gasteiger partial charge in [0.25, 0.3) is 12.3 Å². The zero-order chi connectivity index (χ0) is 17.7. The summed E-state index contributed by atoms with van der Waals surface area (Å²) in [4.78, 5) is 12.4. The monoisotopic (exact) mass is 345 g/mol. The van der Waals surface area contributed by atoms with Crippen molar-refractivity contribution in [2.75, 3.05) is 26.4 Å². The van der Waals surface area contributed by atoms with Crippen molar-refractivity contribution in [3.05, 3.63) is 17.5 Å². The third kappa shape index (κ3) is 4.30. The second-order valence-corrected chi connectivity index (χ2v) is 6.77. The van der Waals surface area contributed by atoms with Gasteiger partial charge in [0, 0.05) is 31.7 Å². The molecule has 0 spiro atoms. The Morgan fingerprint density at radius 3 is 2.67 bits per heavy atom. The fourth-order valence-electron chi connectivity index (χ4n) is 2.85. The van der Waals surface area contributed by atoms with E-state index in [1.165, 1.54) is 10.9 Å². The highest BCUT2D eigenvalue weighted by Gasteiger charge is 2.33. The van der Waals surface area contributed by atoms with E-state index in [-0.39, 0.29) is 30.3 Å². The molecule has 0 aliphatic carbocycles. The Balaban J connectivity index is 2.10. The molecule has 0 atom stereocenters. The van der Waals surface area contributed by atoms with E-state index in [2.05, 4.69) is 10.4 Å². The van der Waals surface area contributed by atoms with Crippen molar-refractivity contribution < 1.29 is 23.4 Å². The summed E-state index contributed by atoms with van der Waals surface area (Å²) in [6.45, 7) is 5.30. The van der Waals surface area contributed by atoms with Gasteiger partial charge in [0.1, 0.15) is 5.69 Å².